The van der Waals surface area contributed by atoms with Gasteiger partial charge in [0.1, 0.15) is 6.54 Å². The van der Waals surface area contributed by atoms with Gasteiger partial charge in [0.2, 0.25) is 10.0 Å². The predicted molar refractivity (Wildman–Crippen MR) is 86.7 cm³/mol. The molecule has 0 atom stereocenters. The zero-order valence-electron chi connectivity index (χ0n) is 13.5. The van der Waals surface area contributed by atoms with E-state index in [2.05, 4.69) is 0 Å². The molecule has 0 amide bonds. The molecule has 0 unspecified atom stereocenters. The summed E-state index contributed by atoms with van der Waals surface area (Å²) in [6.45, 7) is 4.26. The Morgan fingerprint density at radius 3 is 2.17 bits per heavy atom. The van der Waals surface area contributed by atoms with Gasteiger partial charge in [-0.3, -0.25) is 9.59 Å². The maximum absolute atomic E-state index is 12.3. The standard InChI is InChI=1S/C15H20ClNO5S/c1-15(2,3)13(18)10-22-14(19)9-17(4)23(20,21)12-7-5-11(16)6-8-12/h5-8H,9-10H2,1-4H3. The van der Waals surface area contributed by atoms with Crippen LogP contribution in [0.5, 0.6) is 0 Å². The highest BCUT2D eigenvalue weighted by Crippen LogP contribution is 2.18. The third kappa shape index (κ3) is 5.60. The van der Waals surface area contributed by atoms with Crippen molar-refractivity contribution < 1.29 is 22.7 Å². The fourth-order valence-corrected chi connectivity index (χ4v) is 2.70. The molecule has 1 rings (SSSR count). The number of likely N-dealkylation sites (N-methyl/N-ethyl adjacent to an activating group) is 1. The maximum Gasteiger partial charge on any atom is 0.321 e. The van der Waals surface area contributed by atoms with Crippen LogP contribution in [0.25, 0.3) is 0 Å². The molecule has 0 fully saturated rings. The Bertz CT molecular complexity index is 677. The first-order chi connectivity index (χ1) is 10.4. The van der Waals surface area contributed by atoms with E-state index in [0.717, 1.165) is 4.31 Å². The van der Waals surface area contributed by atoms with Crippen molar-refractivity contribution in [1.82, 2.24) is 4.31 Å². The number of benzene rings is 1. The molecule has 0 aliphatic rings. The van der Waals surface area contributed by atoms with E-state index in [9.17, 15) is 18.0 Å². The second-order valence-electron chi connectivity index (χ2n) is 6.05. The number of esters is 1. The van der Waals surface area contributed by atoms with Crippen LogP contribution in [0.1, 0.15) is 20.8 Å². The van der Waals surface area contributed by atoms with Gasteiger partial charge in [0.05, 0.1) is 4.90 Å². The van der Waals surface area contributed by atoms with E-state index in [1.165, 1.54) is 31.3 Å². The Kier molecular flexibility index (Phi) is 6.33. The molecule has 0 aliphatic carbocycles. The van der Waals surface area contributed by atoms with Crippen LogP contribution in [0.15, 0.2) is 29.2 Å². The molecule has 0 bridgehead atoms. The van der Waals surface area contributed by atoms with Crippen molar-refractivity contribution in [2.45, 2.75) is 25.7 Å². The molecule has 0 radical (unpaired) electrons. The molecule has 0 N–H and O–H groups in total. The van der Waals surface area contributed by atoms with Crippen molar-refractivity contribution in [3.63, 3.8) is 0 Å². The number of ether oxygens (including phenoxy) is 1. The number of hydrogen-bond acceptors (Lipinski definition) is 5. The third-order valence-corrected chi connectivity index (χ3v) is 5.14. The lowest BCUT2D eigenvalue weighted by Gasteiger charge is -2.18. The van der Waals surface area contributed by atoms with Gasteiger partial charge in [0, 0.05) is 17.5 Å². The quantitative estimate of drug-likeness (QED) is 0.725. The lowest BCUT2D eigenvalue weighted by Crippen LogP contribution is -2.34. The molecule has 23 heavy (non-hydrogen) atoms. The third-order valence-electron chi connectivity index (χ3n) is 3.07. The number of nitrogens with zero attached hydrogens (tertiary/aromatic N) is 1. The van der Waals surface area contributed by atoms with Crippen LogP contribution in [0.3, 0.4) is 0 Å². The van der Waals surface area contributed by atoms with Gasteiger partial charge in [0.15, 0.2) is 12.4 Å². The average molecular weight is 362 g/mol. The number of carbonyl (C=O) groups is 2. The molecular formula is C15H20ClNO5S. The van der Waals surface area contributed by atoms with Crippen LogP contribution in [0.4, 0.5) is 0 Å². The SMILES string of the molecule is CN(CC(=O)OCC(=O)C(C)(C)C)S(=O)(=O)c1ccc(Cl)cc1. The van der Waals surface area contributed by atoms with E-state index in [-0.39, 0.29) is 17.3 Å². The van der Waals surface area contributed by atoms with Crippen molar-refractivity contribution in [3.8, 4) is 0 Å². The van der Waals surface area contributed by atoms with Gasteiger partial charge >= 0.3 is 5.97 Å². The van der Waals surface area contributed by atoms with Crippen molar-refractivity contribution in [3.05, 3.63) is 29.3 Å². The van der Waals surface area contributed by atoms with E-state index < -0.39 is 28.0 Å². The summed E-state index contributed by atoms with van der Waals surface area (Å²) in [6.07, 6.45) is 0. The molecule has 0 aliphatic heterocycles. The van der Waals surface area contributed by atoms with Crippen LogP contribution in [0, 0.1) is 5.41 Å². The minimum absolute atomic E-state index is 0.0166. The Labute approximate surface area is 141 Å². The van der Waals surface area contributed by atoms with E-state index in [1.54, 1.807) is 20.8 Å². The van der Waals surface area contributed by atoms with Crippen molar-refractivity contribution in [1.29, 1.82) is 0 Å². The molecule has 0 saturated heterocycles. The number of halogens is 1. The molecular weight excluding hydrogens is 342 g/mol. The van der Waals surface area contributed by atoms with Gasteiger partial charge in [-0.2, -0.15) is 4.31 Å². The molecule has 0 heterocycles. The molecule has 0 spiro atoms. The lowest BCUT2D eigenvalue weighted by atomic mass is 9.91. The van der Waals surface area contributed by atoms with E-state index in [0.29, 0.717) is 5.02 Å². The maximum atomic E-state index is 12.3. The van der Waals surface area contributed by atoms with E-state index >= 15 is 0 Å². The normalized spacial score (nSPS) is 12.3. The monoisotopic (exact) mass is 361 g/mol. The smallest absolute Gasteiger partial charge is 0.321 e. The summed E-state index contributed by atoms with van der Waals surface area (Å²) < 4.78 is 30.3. The highest BCUT2D eigenvalue weighted by atomic mass is 35.5. The Morgan fingerprint density at radius 1 is 1.17 bits per heavy atom. The predicted octanol–water partition coefficient (Wildman–Crippen LogP) is 2.12. The number of hydrogen-bond donors (Lipinski definition) is 0. The first kappa shape index (κ1) is 19.6. The Hall–Kier alpha value is -1.44. The average Bonchev–Trinajstić information content (AvgIpc) is 2.44. The largest absolute Gasteiger partial charge is 0.457 e. The molecule has 0 aromatic heterocycles. The lowest BCUT2D eigenvalue weighted by molar-refractivity contribution is -0.150. The summed E-state index contributed by atoms with van der Waals surface area (Å²) >= 11 is 5.72. The second kappa shape index (κ2) is 7.42. The van der Waals surface area contributed by atoms with Gasteiger partial charge < -0.3 is 4.74 Å². The van der Waals surface area contributed by atoms with Crippen LogP contribution >= 0.6 is 11.6 Å². The summed E-state index contributed by atoms with van der Waals surface area (Å²) in [6, 6.07) is 5.59. The van der Waals surface area contributed by atoms with Crippen molar-refractivity contribution >= 4 is 33.4 Å². The Morgan fingerprint density at radius 2 is 1.70 bits per heavy atom. The number of Topliss-reactive ketones (excluding diaryl/α,β-unsaturated/α-hetero) is 1. The first-order valence-electron chi connectivity index (χ1n) is 6.85. The summed E-state index contributed by atoms with van der Waals surface area (Å²) in [5, 5.41) is 0.409. The summed E-state index contributed by atoms with van der Waals surface area (Å²) in [7, 11) is -2.57. The minimum Gasteiger partial charge on any atom is -0.457 e. The van der Waals surface area contributed by atoms with Crippen LogP contribution in [-0.2, 0) is 24.3 Å². The topological polar surface area (TPSA) is 80.8 Å². The van der Waals surface area contributed by atoms with Gasteiger partial charge in [-0.15, -0.1) is 0 Å². The van der Waals surface area contributed by atoms with E-state index in [1.807, 2.05) is 0 Å². The highest BCUT2D eigenvalue weighted by Gasteiger charge is 2.26. The first-order valence-corrected chi connectivity index (χ1v) is 8.67. The molecule has 8 heteroatoms. The number of sulfonamides is 1. The van der Waals surface area contributed by atoms with Gasteiger partial charge in [-0.25, -0.2) is 8.42 Å². The summed E-state index contributed by atoms with van der Waals surface area (Å²) in [5.41, 5.74) is -0.623. The number of carbonyl (C=O) groups excluding carboxylic acids is 2. The van der Waals surface area contributed by atoms with Gasteiger partial charge in [-0.05, 0) is 24.3 Å². The van der Waals surface area contributed by atoms with Gasteiger partial charge in [-0.1, -0.05) is 32.4 Å². The zero-order valence-corrected chi connectivity index (χ0v) is 15.1. The van der Waals surface area contributed by atoms with Crippen molar-refractivity contribution in [2.24, 2.45) is 5.41 Å². The molecule has 1 aromatic rings. The van der Waals surface area contributed by atoms with Crippen LogP contribution < -0.4 is 0 Å². The summed E-state index contributed by atoms with van der Waals surface area (Å²) in [5.74, 6) is -1.03. The fourth-order valence-electron chi connectivity index (χ4n) is 1.46. The van der Waals surface area contributed by atoms with Gasteiger partial charge in [0.25, 0.3) is 0 Å². The number of ketones is 1. The zero-order chi connectivity index (χ0) is 17.8. The van der Waals surface area contributed by atoms with E-state index in [4.69, 9.17) is 16.3 Å². The highest BCUT2D eigenvalue weighted by molar-refractivity contribution is 7.89. The Balaban J connectivity index is 2.68. The van der Waals surface area contributed by atoms with Crippen LogP contribution in [0.2, 0.25) is 5.02 Å². The second-order valence-corrected chi connectivity index (χ2v) is 8.53. The fraction of sp³-hybridized carbons (Fsp3) is 0.467. The molecule has 128 valence electrons. The van der Waals surface area contributed by atoms with Crippen molar-refractivity contribution in [2.75, 3.05) is 20.2 Å². The molecule has 1 aromatic carbocycles. The summed E-state index contributed by atoms with van der Waals surface area (Å²) in [4.78, 5) is 23.4. The minimum atomic E-state index is -3.83. The molecule has 6 nitrogen and oxygen atoms in total. The van der Waals surface area contributed by atoms with Crippen LogP contribution in [-0.4, -0.2) is 44.7 Å². The molecule has 0 saturated carbocycles. The number of rotatable bonds is 6.